The molecular weight excluding hydrogens is 637 g/mol. The van der Waals surface area contributed by atoms with Gasteiger partial charge in [0.2, 0.25) is 0 Å². The van der Waals surface area contributed by atoms with Crippen LogP contribution >= 0.6 is 11.3 Å². The number of hydrogen-bond acceptors (Lipinski definition) is 3. The Labute approximate surface area is 300 Å². The van der Waals surface area contributed by atoms with Crippen LogP contribution in [0, 0.1) is 0 Å². The van der Waals surface area contributed by atoms with Gasteiger partial charge in [0.05, 0.1) is 11.4 Å². The van der Waals surface area contributed by atoms with E-state index >= 15 is 0 Å². The van der Waals surface area contributed by atoms with Crippen molar-refractivity contribution in [3.63, 3.8) is 0 Å². The molecule has 238 valence electrons. The van der Waals surface area contributed by atoms with E-state index in [1.807, 2.05) is 29.5 Å². The molecule has 8 aromatic carbocycles. The van der Waals surface area contributed by atoms with E-state index < -0.39 is 0 Å². The van der Waals surface area contributed by atoms with Crippen LogP contribution in [0.2, 0.25) is 0 Å². The lowest BCUT2D eigenvalue weighted by molar-refractivity contribution is 1.18. The summed E-state index contributed by atoms with van der Waals surface area (Å²) in [7, 11) is 0. The van der Waals surface area contributed by atoms with Crippen molar-refractivity contribution >= 4 is 53.1 Å². The SMILES string of the molecule is c1ccc(-c2nc(-c3ccc(-c4cc5ccccc5c5ccccc45)cc3)cc(-c3ccc(-c4cccc5c4sc4ccccc45)cc3)n2)cc1. The zero-order valence-corrected chi connectivity index (χ0v) is 28.4. The Bertz CT molecular complexity index is 2890. The number of rotatable bonds is 5. The van der Waals surface area contributed by atoms with Crippen molar-refractivity contribution < 1.29 is 0 Å². The number of nitrogens with zero attached hydrogens (tertiary/aromatic N) is 2. The summed E-state index contributed by atoms with van der Waals surface area (Å²) in [5, 5.41) is 7.68. The molecule has 10 rings (SSSR count). The van der Waals surface area contributed by atoms with Crippen LogP contribution in [0.1, 0.15) is 0 Å². The average Bonchev–Trinajstić information content (AvgIpc) is 3.60. The first kappa shape index (κ1) is 29.5. The van der Waals surface area contributed by atoms with E-state index in [0.29, 0.717) is 5.82 Å². The van der Waals surface area contributed by atoms with Gasteiger partial charge in [0.1, 0.15) is 0 Å². The lowest BCUT2D eigenvalue weighted by atomic mass is 9.93. The average molecular weight is 667 g/mol. The smallest absolute Gasteiger partial charge is 0.160 e. The fraction of sp³-hybridized carbons (Fsp3) is 0. The predicted molar refractivity (Wildman–Crippen MR) is 217 cm³/mol. The molecule has 0 atom stereocenters. The van der Waals surface area contributed by atoms with Gasteiger partial charge in [-0.15, -0.1) is 11.3 Å². The number of hydrogen-bond donors (Lipinski definition) is 0. The van der Waals surface area contributed by atoms with Crippen molar-refractivity contribution in [1.82, 2.24) is 9.97 Å². The summed E-state index contributed by atoms with van der Waals surface area (Å²) in [4.78, 5) is 10.2. The molecule has 0 radical (unpaired) electrons. The van der Waals surface area contributed by atoms with Crippen LogP contribution in [0.5, 0.6) is 0 Å². The Kier molecular flexibility index (Phi) is 7.04. The van der Waals surface area contributed by atoms with Crippen LogP contribution < -0.4 is 0 Å². The standard InChI is InChI=1S/C48H30N2S/c1-2-11-35(12-3-1)48-49-44(33-25-21-31(22-26-33)38-18-10-19-42-41-17-8-9-20-46(41)51-47(38)42)30-45(50-48)34-27-23-32(24-28-34)43-29-36-13-4-5-14-37(36)39-15-6-7-16-40(39)43/h1-30H. The van der Waals surface area contributed by atoms with Crippen LogP contribution in [-0.4, -0.2) is 9.97 Å². The lowest BCUT2D eigenvalue weighted by Crippen LogP contribution is -1.96. The third-order valence-electron chi connectivity index (χ3n) is 9.91. The van der Waals surface area contributed by atoms with Crippen molar-refractivity contribution in [2.45, 2.75) is 0 Å². The Morgan fingerprint density at radius 2 is 0.882 bits per heavy atom. The fourth-order valence-corrected chi connectivity index (χ4v) is 8.61. The van der Waals surface area contributed by atoms with Crippen LogP contribution in [-0.2, 0) is 0 Å². The topological polar surface area (TPSA) is 25.8 Å². The predicted octanol–water partition coefficient (Wildman–Crippen LogP) is 13.5. The third kappa shape index (κ3) is 5.18. The quantitative estimate of drug-likeness (QED) is 0.171. The minimum atomic E-state index is 0.715. The van der Waals surface area contributed by atoms with Crippen molar-refractivity contribution in [2.75, 3.05) is 0 Å². The second-order valence-corrected chi connectivity index (χ2v) is 14.0. The van der Waals surface area contributed by atoms with Crippen LogP contribution in [0.25, 0.3) is 97.9 Å². The zero-order chi connectivity index (χ0) is 33.7. The number of aromatic nitrogens is 2. The molecule has 2 heterocycles. The summed E-state index contributed by atoms with van der Waals surface area (Å²) in [6.07, 6.45) is 0. The molecule has 3 heteroatoms. The normalized spacial score (nSPS) is 11.5. The van der Waals surface area contributed by atoms with Gasteiger partial charge in [0.25, 0.3) is 0 Å². The number of thiophene rings is 1. The van der Waals surface area contributed by atoms with E-state index in [0.717, 1.165) is 28.1 Å². The molecule has 10 aromatic rings. The molecule has 0 amide bonds. The van der Waals surface area contributed by atoms with Gasteiger partial charge in [-0.1, -0.05) is 164 Å². The van der Waals surface area contributed by atoms with Crippen molar-refractivity contribution in [3.8, 4) is 56.2 Å². The van der Waals surface area contributed by atoms with Gasteiger partial charge in [-0.25, -0.2) is 9.97 Å². The first-order valence-corrected chi connectivity index (χ1v) is 18.1. The fourth-order valence-electron chi connectivity index (χ4n) is 7.37. The molecular formula is C48H30N2S. The number of fused-ring (bicyclic) bond motifs is 6. The highest BCUT2D eigenvalue weighted by Crippen LogP contribution is 2.41. The third-order valence-corrected chi connectivity index (χ3v) is 11.1. The van der Waals surface area contributed by atoms with Crippen LogP contribution in [0.3, 0.4) is 0 Å². The maximum Gasteiger partial charge on any atom is 0.160 e. The maximum absolute atomic E-state index is 5.10. The van der Waals surface area contributed by atoms with Crippen LogP contribution in [0.15, 0.2) is 182 Å². The Balaban J connectivity index is 1.05. The van der Waals surface area contributed by atoms with E-state index in [1.54, 1.807) is 0 Å². The molecule has 0 fully saturated rings. The zero-order valence-electron chi connectivity index (χ0n) is 27.6. The Morgan fingerprint density at radius 3 is 1.61 bits per heavy atom. The highest BCUT2D eigenvalue weighted by molar-refractivity contribution is 7.26. The van der Waals surface area contributed by atoms with Gasteiger partial charge in [0, 0.05) is 36.9 Å². The first-order chi connectivity index (χ1) is 25.3. The number of benzene rings is 8. The van der Waals surface area contributed by atoms with E-state index in [4.69, 9.17) is 9.97 Å². The van der Waals surface area contributed by atoms with Crippen molar-refractivity contribution in [3.05, 3.63) is 182 Å². The molecule has 0 spiro atoms. The molecule has 0 bridgehead atoms. The van der Waals surface area contributed by atoms with E-state index in [-0.39, 0.29) is 0 Å². The molecule has 2 aromatic heterocycles. The first-order valence-electron chi connectivity index (χ1n) is 17.2. The van der Waals surface area contributed by atoms with E-state index in [9.17, 15) is 0 Å². The van der Waals surface area contributed by atoms with E-state index in [2.05, 4.69) is 164 Å². The van der Waals surface area contributed by atoms with Crippen LogP contribution in [0.4, 0.5) is 0 Å². The van der Waals surface area contributed by atoms with Gasteiger partial charge in [0.15, 0.2) is 5.82 Å². The summed E-state index contributed by atoms with van der Waals surface area (Å²) in [5.74, 6) is 0.715. The van der Waals surface area contributed by atoms with Gasteiger partial charge >= 0.3 is 0 Å². The second kappa shape index (κ2) is 12.2. The molecule has 0 aliphatic heterocycles. The lowest BCUT2D eigenvalue weighted by Gasteiger charge is -2.13. The second-order valence-electron chi connectivity index (χ2n) is 13.0. The van der Waals surface area contributed by atoms with Gasteiger partial charge < -0.3 is 0 Å². The molecule has 0 saturated heterocycles. The van der Waals surface area contributed by atoms with Gasteiger partial charge in [-0.05, 0) is 62.0 Å². The molecule has 0 unspecified atom stereocenters. The summed E-state index contributed by atoms with van der Waals surface area (Å²) in [5.41, 5.74) is 9.77. The van der Waals surface area contributed by atoms with Crippen molar-refractivity contribution in [1.29, 1.82) is 0 Å². The molecule has 0 N–H and O–H groups in total. The minimum Gasteiger partial charge on any atom is -0.228 e. The monoisotopic (exact) mass is 666 g/mol. The summed E-state index contributed by atoms with van der Waals surface area (Å²) in [6, 6.07) is 65.0. The molecule has 0 saturated carbocycles. The summed E-state index contributed by atoms with van der Waals surface area (Å²) in [6.45, 7) is 0. The van der Waals surface area contributed by atoms with E-state index in [1.165, 1.54) is 64.0 Å². The van der Waals surface area contributed by atoms with Gasteiger partial charge in [-0.3, -0.25) is 0 Å². The highest BCUT2D eigenvalue weighted by atomic mass is 32.1. The van der Waals surface area contributed by atoms with Gasteiger partial charge in [-0.2, -0.15) is 0 Å². The minimum absolute atomic E-state index is 0.715. The largest absolute Gasteiger partial charge is 0.228 e. The van der Waals surface area contributed by atoms with Crippen molar-refractivity contribution in [2.24, 2.45) is 0 Å². The molecule has 0 aliphatic carbocycles. The summed E-state index contributed by atoms with van der Waals surface area (Å²) >= 11 is 1.86. The highest BCUT2D eigenvalue weighted by Gasteiger charge is 2.14. The maximum atomic E-state index is 5.10. The Morgan fingerprint density at radius 1 is 0.333 bits per heavy atom. The molecule has 2 nitrogen and oxygen atoms in total. The Hall–Kier alpha value is -6.42. The summed E-state index contributed by atoms with van der Waals surface area (Å²) < 4.78 is 2.64. The molecule has 51 heavy (non-hydrogen) atoms. The molecule has 0 aliphatic rings.